The van der Waals surface area contributed by atoms with E-state index in [1.807, 2.05) is 44.4 Å². The summed E-state index contributed by atoms with van der Waals surface area (Å²) in [6.45, 7) is 4.57. The van der Waals surface area contributed by atoms with E-state index in [2.05, 4.69) is 41.6 Å². The van der Waals surface area contributed by atoms with Crippen molar-refractivity contribution in [2.75, 3.05) is 20.7 Å². The SMILES string of the molecule is CCc1nn(C2CCCCC2)c2ccc(C(=O)OCC(CC)(c3ccccc3)N(C)C)cc12. The topological polar surface area (TPSA) is 47.4 Å². The van der Waals surface area contributed by atoms with Gasteiger partial charge in [-0.2, -0.15) is 5.10 Å². The van der Waals surface area contributed by atoms with Crippen molar-refractivity contribution in [1.82, 2.24) is 14.7 Å². The summed E-state index contributed by atoms with van der Waals surface area (Å²) < 4.78 is 8.15. The molecule has 1 aliphatic rings. The van der Waals surface area contributed by atoms with E-state index < -0.39 is 0 Å². The number of aryl methyl sites for hydroxylation is 1. The Balaban J connectivity index is 1.59. The molecule has 1 saturated carbocycles. The average Bonchev–Trinajstić information content (AvgIpc) is 3.23. The van der Waals surface area contributed by atoms with Crippen LogP contribution in [0.1, 0.15) is 80.0 Å². The maximum Gasteiger partial charge on any atom is 0.338 e. The number of hydrogen-bond acceptors (Lipinski definition) is 4. The molecule has 5 heteroatoms. The fraction of sp³-hybridized carbons (Fsp3) is 0.500. The smallest absolute Gasteiger partial charge is 0.338 e. The lowest BCUT2D eigenvalue weighted by molar-refractivity contribution is 0.0120. The maximum absolute atomic E-state index is 13.1. The highest BCUT2D eigenvalue weighted by Crippen LogP contribution is 2.33. The lowest BCUT2D eigenvalue weighted by Gasteiger charge is -2.39. The van der Waals surface area contributed by atoms with Crippen LogP contribution in [0.25, 0.3) is 10.9 Å². The van der Waals surface area contributed by atoms with E-state index >= 15 is 0 Å². The van der Waals surface area contributed by atoms with Crippen LogP contribution in [0.2, 0.25) is 0 Å². The molecule has 1 unspecified atom stereocenters. The molecule has 33 heavy (non-hydrogen) atoms. The number of fused-ring (bicyclic) bond motifs is 1. The van der Waals surface area contributed by atoms with Crippen LogP contribution in [0.15, 0.2) is 48.5 Å². The third kappa shape index (κ3) is 4.56. The lowest BCUT2D eigenvalue weighted by Crippen LogP contribution is -2.45. The zero-order valence-electron chi connectivity index (χ0n) is 20.5. The van der Waals surface area contributed by atoms with Crippen molar-refractivity contribution in [2.45, 2.75) is 70.4 Å². The van der Waals surface area contributed by atoms with Crippen LogP contribution in [0.4, 0.5) is 0 Å². The van der Waals surface area contributed by atoms with Crippen LogP contribution in [0, 0.1) is 0 Å². The molecule has 0 amide bonds. The number of hydrogen-bond donors (Lipinski definition) is 0. The number of likely N-dealkylation sites (N-methyl/N-ethyl adjacent to an activating group) is 1. The van der Waals surface area contributed by atoms with Crippen molar-refractivity contribution in [1.29, 1.82) is 0 Å². The summed E-state index contributed by atoms with van der Waals surface area (Å²) >= 11 is 0. The molecule has 1 aliphatic carbocycles. The predicted octanol–water partition coefficient (Wildman–Crippen LogP) is 6.13. The second-order valence-electron chi connectivity index (χ2n) is 9.49. The van der Waals surface area contributed by atoms with Gasteiger partial charge in [-0.05, 0) is 63.5 Å². The monoisotopic (exact) mass is 447 g/mol. The molecule has 1 atom stereocenters. The molecule has 5 nitrogen and oxygen atoms in total. The first-order valence-electron chi connectivity index (χ1n) is 12.4. The Hall–Kier alpha value is -2.66. The van der Waals surface area contributed by atoms with Crippen molar-refractivity contribution in [3.63, 3.8) is 0 Å². The summed E-state index contributed by atoms with van der Waals surface area (Å²) in [7, 11) is 4.09. The summed E-state index contributed by atoms with van der Waals surface area (Å²) in [5.41, 5.74) is 3.59. The highest BCUT2D eigenvalue weighted by Gasteiger charge is 2.34. The molecular weight excluding hydrogens is 410 g/mol. The first-order valence-corrected chi connectivity index (χ1v) is 12.4. The van der Waals surface area contributed by atoms with Gasteiger partial charge in [0, 0.05) is 5.39 Å². The van der Waals surface area contributed by atoms with Crippen LogP contribution in [0.5, 0.6) is 0 Å². The number of nitrogens with zero attached hydrogens (tertiary/aromatic N) is 3. The van der Waals surface area contributed by atoms with E-state index in [-0.39, 0.29) is 11.5 Å². The molecule has 0 saturated heterocycles. The van der Waals surface area contributed by atoms with E-state index in [1.54, 1.807) is 0 Å². The van der Waals surface area contributed by atoms with Crippen LogP contribution >= 0.6 is 0 Å². The van der Waals surface area contributed by atoms with E-state index in [4.69, 9.17) is 9.84 Å². The molecule has 4 rings (SSSR count). The minimum absolute atomic E-state index is 0.278. The van der Waals surface area contributed by atoms with Gasteiger partial charge >= 0.3 is 5.97 Å². The minimum Gasteiger partial charge on any atom is -0.460 e. The Bertz CT molecular complexity index is 1080. The van der Waals surface area contributed by atoms with Crippen LogP contribution < -0.4 is 0 Å². The Labute approximate surface area is 197 Å². The molecular formula is C28H37N3O2. The van der Waals surface area contributed by atoms with Crippen LogP contribution in [-0.4, -0.2) is 41.4 Å². The third-order valence-corrected chi connectivity index (χ3v) is 7.47. The fourth-order valence-electron chi connectivity index (χ4n) is 5.31. The largest absolute Gasteiger partial charge is 0.460 e. The summed E-state index contributed by atoms with van der Waals surface area (Å²) in [6, 6.07) is 16.7. The molecule has 0 spiro atoms. The standard InChI is InChI=1S/C28H37N3O2/c1-5-25-24-19-21(17-18-26(24)31(29-25)23-15-11-8-12-16-23)27(32)33-20-28(6-2,30(3)4)22-13-9-7-10-14-22/h7,9-10,13-14,17-19,23H,5-6,8,11-12,15-16,20H2,1-4H3. The third-order valence-electron chi connectivity index (χ3n) is 7.47. The van der Waals surface area contributed by atoms with Crippen LogP contribution in [-0.2, 0) is 16.7 Å². The fourth-order valence-corrected chi connectivity index (χ4v) is 5.31. The van der Waals surface area contributed by atoms with Crippen molar-refractivity contribution in [2.24, 2.45) is 0 Å². The zero-order valence-corrected chi connectivity index (χ0v) is 20.5. The molecule has 1 heterocycles. The van der Waals surface area contributed by atoms with Crippen molar-refractivity contribution >= 4 is 16.9 Å². The Morgan fingerprint density at radius 1 is 1.09 bits per heavy atom. The molecule has 0 radical (unpaired) electrons. The molecule has 2 aromatic carbocycles. The second kappa shape index (κ2) is 10.1. The van der Waals surface area contributed by atoms with Crippen molar-refractivity contribution in [3.8, 4) is 0 Å². The van der Waals surface area contributed by atoms with E-state index in [0.717, 1.165) is 35.0 Å². The first-order chi connectivity index (χ1) is 16.0. The Morgan fingerprint density at radius 2 is 1.82 bits per heavy atom. The average molecular weight is 448 g/mol. The number of aromatic nitrogens is 2. The van der Waals surface area contributed by atoms with Gasteiger partial charge in [-0.1, -0.05) is 63.4 Å². The number of ether oxygens (including phenoxy) is 1. The number of carbonyl (C=O) groups is 1. The second-order valence-corrected chi connectivity index (χ2v) is 9.49. The molecule has 3 aromatic rings. The Morgan fingerprint density at radius 3 is 2.45 bits per heavy atom. The van der Waals surface area contributed by atoms with Gasteiger partial charge in [0.05, 0.1) is 28.4 Å². The maximum atomic E-state index is 13.1. The predicted molar refractivity (Wildman–Crippen MR) is 134 cm³/mol. The zero-order chi connectivity index (χ0) is 23.4. The lowest BCUT2D eigenvalue weighted by atomic mass is 9.87. The summed E-state index contributed by atoms with van der Waals surface area (Å²) in [4.78, 5) is 15.3. The molecule has 1 fully saturated rings. The quantitative estimate of drug-likeness (QED) is 0.390. The number of benzene rings is 2. The van der Waals surface area contributed by atoms with Gasteiger partial charge in [-0.3, -0.25) is 9.58 Å². The molecule has 0 N–H and O–H groups in total. The normalized spacial score (nSPS) is 16.8. The van der Waals surface area contributed by atoms with Gasteiger partial charge in [0.1, 0.15) is 6.61 Å². The molecule has 0 bridgehead atoms. The van der Waals surface area contributed by atoms with Gasteiger partial charge in [-0.25, -0.2) is 4.79 Å². The van der Waals surface area contributed by atoms with Crippen LogP contribution in [0.3, 0.4) is 0 Å². The number of carbonyl (C=O) groups excluding carboxylic acids is 1. The van der Waals surface area contributed by atoms with E-state index in [1.165, 1.54) is 32.1 Å². The van der Waals surface area contributed by atoms with E-state index in [0.29, 0.717) is 18.2 Å². The molecule has 0 aliphatic heterocycles. The van der Waals surface area contributed by atoms with Gasteiger partial charge in [-0.15, -0.1) is 0 Å². The first kappa shape index (κ1) is 23.5. The summed E-state index contributed by atoms with van der Waals surface area (Å²) in [5.74, 6) is -0.278. The summed E-state index contributed by atoms with van der Waals surface area (Å²) in [6.07, 6.45) is 7.92. The number of esters is 1. The highest BCUT2D eigenvalue weighted by atomic mass is 16.5. The Kier molecular flexibility index (Phi) is 7.18. The van der Waals surface area contributed by atoms with Gasteiger partial charge in [0.25, 0.3) is 0 Å². The number of rotatable bonds is 8. The molecule has 176 valence electrons. The van der Waals surface area contributed by atoms with E-state index in [9.17, 15) is 4.79 Å². The van der Waals surface area contributed by atoms with Gasteiger partial charge in [0.2, 0.25) is 0 Å². The van der Waals surface area contributed by atoms with Gasteiger partial charge in [0.15, 0.2) is 0 Å². The highest BCUT2D eigenvalue weighted by molar-refractivity contribution is 5.95. The molecule has 1 aromatic heterocycles. The van der Waals surface area contributed by atoms with Crippen molar-refractivity contribution < 1.29 is 9.53 Å². The minimum atomic E-state index is -0.360. The van der Waals surface area contributed by atoms with Crippen molar-refractivity contribution in [3.05, 3.63) is 65.4 Å². The summed E-state index contributed by atoms with van der Waals surface area (Å²) in [5, 5.41) is 6.03. The van der Waals surface area contributed by atoms with Gasteiger partial charge < -0.3 is 4.74 Å².